The number of amides is 1. The number of nitrogens with one attached hydrogen (secondary N) is 1. The molecule has 0 spiro atoms. The van der Waals surface area contributed by atoms with Crippen molar-refractivity contribution in [2.45, 2.75) is 39.5 Å². The zero-order chi connectivity index (χ0) is 20.1. The molecule has 3 rings (SSSR count). The first kappa shape index (κ1) is 19.9. The summed E-state index contributed by atoms with van der Waals surface area (Å²) in [6, 6.07) is 5.17. The van der Waals surface area contributed by atoms with Gasteiger partial charge >= 0.3 is 11.6 Å². The summed E-state index contributed by atoms with van der Waals surface area (Å²) >= 11 is 0. The van der Waals surface area contributed by atoms with Gasteiger partial charge in [0.15, 0.2) is 13.2 Å². The maximum absolute atomic E-state index is 12.0. The Bertz CT molecular complexity index is 930. The predicted octanol–water partition coefficient (Wildman–Crippen LogP) is 2.37. The largest absolute Gasteiger partial charge is 0.482 e. The highest BCUT2D eigenvalue weighted by Crippen LogP contribution is 2.29. The van der Waals surface area contributed by atoms with Crippen LogP contribution < -0.4 is 15.7 Å². The molecule has 1 aromatic heterocycles. The smallest absolute Gasteiger partial charge is 0.344 e. The van der Waals surface area contributed by atoms with Gasteiger partial charge in [-0.15, -0.1) is 0 Å². The van der Waals surface area contributed by atoms with E-state index < -0.39 is 5.97 Å². The number of aryl methyl sites for hydroxylation is 1. The molecule has 0 radical (unpaired) electrons. The Morgan fingerprint density at radius 3 is 2.75 bits per heavy atom. The molecule has 0 aliphatic heterocycles. The lowest BCUT2D eigenvalue weighted by Crippen LogP contribution is -2.31. The third-order valence-electron chi connectivity index (χ3n) is 4.71. The van der Waals surface area contributed by atoms with Crippen LogP contribution in [0.5, 0.6) is 5.75 Å². The minimum atomic E-state index is -0.644. The van der Waals surface area contributed by atoms with Crippen molar-refractivity contribution in [3.63, 3.8) is 0 Å². The van der Waals surface area contributed by atoms with Crippen LogP contribution in [0, 0.1) is 5.92 Å². The normalized spacial score (nSPS) is 12.8. The van der Waals surface area contributed by atoms with Crippen molar-refractivity contribution in [1.82, 2.24) is 5.32 Å². The molecule has 0 saturated carbocycles. The van der Waals surface area contributed by atoms with Crippen LogP contribution in [0.2, 0.25) is 0 Å². The number of hydrogen-bond donors (Lipinski definition) is 1. The number of hydrogen-bond acceptors (Lipinski definition) is 6. The van der Waals surface area contributed by atoms with E-state index in [2.05, 4.69) is 19.2 Å². The summed E-state index contributed by atoms with van der Waals surface area (Å²) in [5, 5.41) is 3.59. The standard InChI is InChI=1S/C21H25NO6/c1-13(2)8-9-22-19(23)11-27-20(24)12-26-14-6-7-16-15-4-3-5-17(15)21(25)28-18(16)10-14/h6-7,10,13H,3-5,8-9,11-12H2,1-2H3,(H,22,23). The lowest BCUT2D eigenvalue weighted by Gasteiger charge is -2.09. The van der Waals surface area contributed by atoms with E-state index in [9.17, 15) is 14.4 Å². The summed E-state index contributed by atoms with van der Waals surface area (Å²) in [6.45, 7) is 4.01. The highest BCUT2D eigenvalue weighted by molar-refractivity contribution is 5.83. The average Bonchev–Trinajstić information content (AvgIpc) is 3.15. The van der Waals surface area contributed by atoms with Crippen molar-refractivity contribution in [1.29, 1.82) is 0 Å². The topological polar surface area (TPSA) is 94.8 Å². The Hall–Kier alpha value is -2.83. The molecular weight excluding hydrogens is 362 g/mol. The Balaban J connectivity index is 1.51. The van der Waals surface area contributed by atoms with E-state index in [-0.39, 0.29) is 24.7 Å². The molecule has 7 nitrogen and oxygen atoms in total. The molecule has 1 heterocycles. The molecule has 1 aliphatic rings. The van der Waals surface area contributed by atoms with E-state index >= 15 is 0 Å². The summed E-state index contributed by atoms with van der Waals surface area (Å²) in [6.07, 6.45) is 3.43. The fourth-order valence-corrected chi connectivity index (χ4v) is 3.24. The zero-order valence-corrected chi connectivity index (χ0v) is 16.2. The van der Waals surface area contributed by atoms with Crippen LogP contribution in [0.4, 0.5) is 0 Å². The molecule has 0 saturated heterocycles. The van der Waals surface area contributed by atoms with Gasteiger partial charge in [0.25, 0.3) is 5.91 Å². The van der Waals surface area contributed by atoms with Gasteiger partial charge in [0.2, 0.25) is 0 Å². The summed E-state index contributed by atoms with van der Waals surface area (Å²) in [5.41, 5.74) is 1.94. The quantitative estimate of drug-likeness (QED) is 0.552. The molecule has 1 N–H and O–H groups in total. The van der Waals surface area contributed by atoms with Crippen LogP contribution in [0.25, 0.3) is 11.0 Å². The summed E-state index contributed by atoms with van der Waals surface area (Å²) in [5.74, 6) is -0.0968. The number of carbonyl (C=O) groups is 2. The van der Waals surface area contributed by atoms with E-state index in [0.29, 0.717) is 23.8 Å². The van der Waals surface area contributed by atoms with Crippen LogP contribution in [0.3, 0.4) is 0 Å². The third-order valence-corrected chi connectivity index (χ3v) is 4.71. The molecule has 0 unspecified atom stereocenters. The lowest BCUT2D eigenvalue weighted by atomic mass is 10.1. The van der Waals surface area contributed by atoms with Crippen molar-refractivity contribution >= 4 is 22.8 Å². The van der Waals surface area contributed by atoms with Gasteiger partial charge in [0, 0.05) is 23.6 Å². The molecule has 0 atom stereocenters. The number of fused-ring (bicyclic) bond motifs is 3. The van der Waals surface area contributed by atoms with Gasteiger partial charge in [-0.05, 0) is 49.3 Å². The van der Waals surface area contributed by atoms with Crippen LogP contribution in [-0.4, -0.2) is 31.6 Å². The van der Waals surface area contributed by atoms with Gasteiger partial charge in [-0.3, -0.25) is 4.79 Å². The van der Waals surface area contributed by atoms with Crippen LogP contribution >= 0.6 is 0 Å². The molecule has 1 amide bonds. The maximum atomic E-state index is 12.0. The number of esters is 1. The number of ether oxygens (including phenoxy) is 2. The number of rotatable bonds is 8. The minimum Gasteiger partial charge on any atom is -0.482 e. The van der Waals surface area contributed by atoms with E-state index in [0.717, 1.165) is 42.2 Å². The fourth-order valence-electron chi connectivity index (χ4n) is 3.24. The maximum Gasteiger partial charge on any atom is 0.344 e. The summed E-state index contributed by atoms with van der Waals surface area (Å²) in [7, 11) is 0. The number of benzene rings is 1. The van der Waals surface area contributed by atoms with Gasteiger partial charge in [-0.2, -0.15) is 0 Å². The van der Waals surface area contributed by atoms with E-state index in [4.69, 9.17) is 13.9 Å². The molecule has 0 fully saturated rings. The summed E-state index contributed by atoms with van der Waals surface area (Å²) in [4.78, 5) is 35.4. The predicted molar refractivity (Wildman–Crippen MR) is 103 cm³/mol. The first-order chi connectivity index (χ1) is 13.4. The third kappa shape index (κ3) is 4.91. The van der Waals surface area contributed by atoms with Crippen molar-refractivity contribution in [2.75, 3.05) is 19.8 Å². The number of carbonyl (C=O) groups excluding carboxylic acids is 2. The first-order valence-electron chi connectivity index (χ1n) is 9.57. The zero-order valence-electron chi connectivity index (χ0n) is 16.2. The second-order valence-corrected chi connectivity index (χ2v) is 7.34. The molecule has 150 valence electrons. The van der Waals surface area contributed by atoms with Crippen molar-refractivity contribution in [2.24, 2.45) is 5.92 Å². The molecule has 28 heavy (non-hydrogen) atoms. The highest BCUT2D eigenvalue weighted by atomic mass is 16.6. The molecule has 7 heteroatoms. The van der Waals surface area contributed by atoms with Crippen LogP contribution in [0.15, 0.2) is 27.4 Å². The van der Waals surface area contributed by atoms with Crippen LogP contribution in [-0.2, 0) is 27.2 Å². The van der Waals surface area contributed by atoms with Gasteiger partial charge in [0.1, 0.15) is 11.3 Å². The molecular formula is C21H25NO6. The van der Waals surface area contributed by atoms with E-state index in [1.54, 1.807) is 12.1 Å². The Labute approximate surface area is 163 Å². The molecule has 1 aliphatic carbocycles. The second kappa shape index (κ2) is 8.91. The van der Waals surface area contributed by atoms with Gasteiger partial charge in [-0.1, -0.05) is 13.8 Å². The minimum absolute atomic E-state index is 0.306. The second-order valence-electron chi connectivity index (χ2n) is 7.34. The first-order valence-corrected chi connectivity index (χ1v) is 9.57. The Morgan fingerprint density at radius 1 is 1.18 bits per heavy atom. The van der Waals surface area contributed by atoms with Crippen LogP contribution in [0.1, 0.15) is 37.8 Å². The van der Waals surface area contributed by atoms with Gasteiger partial charge in [-0.25, -0.2) is 9.59 Å². The lowest BCUT2D eigenvalue weighted by molar-refractivity contribution is -0.150. The van der Waals surface area contributed by atoms with Crippen molar-refractivity contribution in [3.05, 3.63) is 39.7 Å². The Kier molecular flexibility index (Phi) is 6.34. The average molecular weight is 387 g/mol. The van der Waals surface area contributed by atoms with Gasteiger partial charge < -0.3 is 19.2 Å². The summed E-state index contributed by atoms with van der Waals surface area (Å²) < 4.78 is 15.7. The van der Waals surface area contributed by atoms with Gasteiger partial charge in [0.05, 0.1) is 0 Å². The molecule has 0 bridgehead atoms. The fraction of sp³-hybridized carbons (Fsp3) is 0.476. The van der Waals surface area contributed by atoms with Crippen molar-refractivity contribution < 1.29 is 23.5 Å². The highest BCUT2D eigenvalue weighted by Gasteiger charge is 2.19. The van der Waals surface area contributed by atoms with E-state index in [1.807, 2.05) is 6.07 Å². The molecule has 2 aromatic rings. The monoisotopic (exact) mass is 387 g/mol. The SMILES string of the molecule is CC(C)CCNC(=O)COC(=O)COc1ccc2c3c(c(=O)oc2c1)CCC3. The Morgan fingerprint density at radius 2 is 1.96 bits per heavy atom. The van der Waals surface area contributed by atoms with E-state index in [1.165, 1.54) is 0 Å². The van der Waals surface area contributed by atoms with Crippen molar-refractivity contribution in [3.8, 4) is 5.75 Å². The molecule has 1 aromatic carbocycles.